The first-order chi connectivity index (χ1) is 9.41. The summed E-state index contributed by atoms with van der Waals surface area (Å²) in [7, 11) is 0. The van der Waals surface area contributed by atoms with E-state index in [0.29, 0.717) is 5.56 Å². The molecule has 0 heterocycles. The highest BCUT2D eigenvalue weighted by atomic mass is 16.7. The largest absolute Gasteiger partial charge is 0.480 e. The average molecular weight is 283 g/mol. The van der Waals surface area contributed by atoms with Gasteiger partial charge in [0.25, 0.3) is 6.10 Å². The summed E-state index contributed by atoms with van der Waals surface area (Å²) in [5.41, 5.74) is 2.65. The van der Waals surface area contributed by atoms with Crippen molar-refractivity contribution in [2.45, 2.75) is 18.6 Å². The fourth-order valence-corrected chi connectivity index (χ4v) is 1.39. The molecule has 4 N–H and O–H groups in total. The van der Waals surface area contributed by atoms with Crippen LogP contribution in [0.2, 0.25) is 0 Å². The third-order valence-electron chi connectivity index (χ3n) is 2.36. The van der Waals surface area contributed by atoms with E-state index >= 15 is 0 Å². The highest BCUT2D eigenvalue weighted by molar-refractivity contribution is 5.95. The Morgan fingerprint density at radius 3 is 2.00 bits per heavy atom. The number of aliphatic carboxylic acids is 3. The Balaban J connectivity index is 2.66. The van der Waals surface area contributed by atoms with E-state index in [4.69, 9.17) is 15.3 Å². The molecule has 0 radical (unpaired) electrons. The third-order valence-corrected chi connectivity index (χ3v) is 2.36. The molecule has 0 aliphatic carbocycles. The van der Waals surface area contributed by atoms with Crippen LogP contribution in [0.5, 0.6) is 0 Å². The quantitative estimate of drug-likeness (QED) is 0.379. The van der Waals surface area contributed by atoms with Crippen LogP contribution in [0, 0.1) is 0 Å². The zero-order valence-corrected chi connectivity index (χ0v) is 10.2. The number of nitrogens with one attached hydrogen (secondary N) is 1. The average Bonchev–Trinajstić information content (AvgIpc) is 2.37. The minimum absolute atomic E-state index is 0.0160. The van der Waals surface area contributed by atoms with Gasteiger partial charge in [-0.3, -0.25) is 9.63 Å². The summed E-state index contributed by atoms with van der Waals surface area (Å²) in [5, 5.41) is 26.2. The summed E-state index contributed by atoms with van der Waals surface area (Å²) >= 11 is 0. The Kier molecular flexibility index (Phi) is 5.63. The minimum atomic E-state index is -2.17. The van der Waals surface area contributed by atoms with Crippen LogP contribution in [0.1, 0.15) is 5.56 Å². The van der Waals surface area contributed by atoms with Gasteiger partial charge in [-0.2, -0.15) is 5.48 Å². The van der Waals surface area contributed by atoms with Gasteiger partial charge in [-0.1, -0.05) is 30.3 Å². The van der Waals surface area contributed by atoms with Gasteiger partial charge in [0.15, 0.2) is 0 Å². The molecule has 0 bridgehead atoms. The summed E-state index contributed by atoms with van der Waals surface area (Å²) in [5.74, 6) is -4.74. The Morgan fingerprint density at radius 2 is 1.55 bits per heavy atom. The molecule has 108 valence electrons. The maximum Gasteiger partial charge on any atom is 0.346 e. The summed E-state index contributed by atoms with van der Waals surface area (Å²) < 4.78 is 0. The SMILES string of the molecule is O=C(O)C(ON[C@@H](Cc1ccccc1)C(=O)O)C(=O)O. The van der Waals surface area contributed by atoms with E-state index in [1.165, 1.54) is 0 Å². The highest BCUT2D eigenvalue weighted by Crippen LogP contribution is 2.04. The van der Waals surface area contributed by atoms with Crippen molar-refractivity contribution in [3.8, 4) is 0 Å². The molecule has 8 heteroatoms. The molecular formula is C12H13NO7. The van der Waals surface area contributed by atoms with Gasteiger partial charge >= 0.3 is 17.9 Å². The topological polar surface area (TPSA) is 133 Å². The molecule has 0 spiro atoms. The lowest BCUT2D eigenvalue weighted by Gasteiger charge is -2.16. The van der Waals surface area contributed by atoms with Crippen molar-refractivity contribution in [1.82, 2.24) is 5.48 Å². The Bertz CT molecular complexity index is 474. The number of benzene rings is 1. The van der Waals surface area contributed by atoms with E-state index in [9.17, 15) is 14.4 Å². The van der Waals surface area contributed by atoms with Crippen LogP contribution in [0.15, 0.2) is 30.3 Å². The summed E-state index contributed by atoms with van der Waals surface area (Å²) in [6, 6.07) is 7.29. The first-order valence-corrected chi connectivity index (χ1v) is 5.55. The second-order valence-electron chi connectivity index (χ2n) is 3.87. The molecule has 1 atom stereocenters. The van der Waals surface area contributed by atoms with E-state index < -0.39 is 30.1 Å². The van der Waals surface area contributed by atoms with Crippen molar-refractivity contribution in [3.05, 3.63) is 35.9 Å². The number of carboxylic acid groups (broad SMARTS) is 3. The molecular weight excluding hydrogens is 270 g/mol. The van der Waals surface area contributed by atoms with E-state index in [1.807, 2.05) is 5.48 Å². The maximum atomic E-state index is 11.0. The molecule has 1 rings (SSSR count). The van der Waals surface area contributed by atoms with Crippen molar-refractivity contribution in [3.63, 3.8) is 0 Å². The molecule has 0 amide bonds. The van der Waals surface area contributed by atoms with Gasteiger partial charge in [0, 0.05) is 6.42 Å². The summed E-state index contributed by atoms with van der Waals surface area (Å²) in [4.78, 5) is 36.6. The van der Waals surface area contributed by atoms with Gasteiger partial charge in [-0.25, -0.2) is 9.59 Å². The number of carbonyl (C=O) groups is 3. The molecule has 0 aliphatic rings. The Labute approximate surface area is 113 Å². The van der Waals surface area contributed by atoms with Crippen molar-refractivity contribution >= 4 is 17.9 Å². The predicted molar refractivity (Wildman–Crippen MR) is 64.9 cm³/mol. The van der Waals surface area contributed by atoms with Crippen molar-refractivity contribution < 1.29 is 34.5 Å². The number of hydroxylamine groups is 1. The second-order valence-corrected chi connectivity index (χ2v) is 3.87. The molecule has 0 saturated heterocycles. The fraction of sp³-hybridized carbons (Fsp3) is 0.250. The van der Waals surface area contributed by atoms with Crippen LogP contribution >= 0.6 is 0 Å². The molecule has 0 fully saturated rings. The molecule has 0 aromatic heterocycles. The molecule has 0 saturated carbocycles. The van der Waals surface area contributed by atoms with E-state index in [-0.39, 0.29) is 6.42 Å². The van der Waals surface area contributed by atoms with Crippen LogP contribution in [-0.2, 0) is 25.6 Å². The fourth-order valence-electron chi connectivity index (χ4n) is 1.39. The lowest BCUT2D eigenvalue weighted by Crippen LogP contribution is -2.45. The van der Waals surface area contributed by atoms with Gasteiger partial charge in [0.1, 0.15) is 6.04 Å². The maximum absolute atomic E-state index is 11.0. The van der Waals surface area contributed by atoms with Crippen LogP contribution in [0.25, 0.3) is 0 Å². The van der Waals surface area contributed by atoms with E-state index in [0.717, 1.165) is 0 Å². The van der Waals surface area contributed by atoms with Crippen LogP contribution in [0.3, 0.4) is 0 Å². The molecule has 0 aliphatic heterocycles. The van der Waals surface area contributed by atoms with Crippen LogP contribution < -0.4 is 5.48 Å². The number of rotatable bonds is 8. The summed E-state index contributed by atoms with van der Waals surface area (Å²) in [6.45, 7) is 0. The monoisotopic (exact) mass is 283 g/mol. The molecule has 8 nitrogen and oxygen atoms in total. The third kappa shape index (κ3) is 4.67. The predicted octanol–water partition coefficient (Wildman–Crippen LogP) is -0.259. The smallest absolute Gasteiger partial charge is 0.346 e. The first-order valence-electron chi connectivity index (χ1n) is 5.55. The van der Waals surface area contributed by atoms with Gasteiger partial charge < -0.3 is 15.3 Å². The van der Waals surface area contributed by atoms with Gasteiger partial charge in [0.2, 0.25) is 0 Å². The zero-order chi connectivity index (χ0) is 15.1. The van der Waals surface area contributed by atoms with Crippen LogP contribution in [-0.4, -0.2) is 45.4 Å². The van der Waals surface area contributed by atoms with E-state index in [1.54, 1.807) is 30.3 Å². The van der Waals surface area contributed by atoms with Crippen LogP contribution in [0.4, 0.5) is 0 Å². The molecule has 20 heavy (non-hydrogen) atoms. The van der Waals surface area contributed by atoms with Crippen molar-refractivity contribution in [2.75, 3.05) is 0 Å². The Hall–Kier alpha value is -2.45. The number of hydrogen-bond acceptors (Lipinski definition) is 5. The second kappa shape index (κ2) is 7.22. The van der Waals surface area contributed by atoms with Gasteiger partial charge in [-0.15, -0.1) is 0 Å². The number of carboxylic acids is 3. The normalized spacial score (nSPS) is 12.1. The zero-order valence-electron chi connectivity index (χ0n) is 10.2. The van der Waals surface area contributed by atoms with E-state index in [2.05, 4.69) is 4.84 Å². The van der Waals surface area contributed by atoms with Crippen molar-refractivity contribution in [1.29, 1.82) is 0 Å². The standard InChI is InChI=1S/C12H13NO7/c14-10(15)8(6-7-4-2-1-3-5-7)13-20-9(11(16)17)12(18)19/h1-5,8-9,13H,6H2,(H,14,15)(H,16,17)(H,18,19)/t8-/m0/s1. The lowest BCUT2D eigenvalue weighted by atomic mass is 10.1. The first kappa shape index (κ1) is 15.6. The number of hydrogen-bond donors (Lipinski definition) is 4. The summed E-state index contributed by atoms with van der Waals surface area (Å²) in [6.07, 6.45) is -2.16. The Morgan fingerprint density at radius 1 is 1.00 bits per heavy atom. The lowest BCUT2D eigenvalue weighted by molar-refractivity contribution is -0.176. The van der Waals surface area contributed by atoms with Gasteiger partial charge in [0.05, 0.1) is 0 Å². The van der Waals surface area contributed by atoms with Crippen molar-refractivity contribution in [2.24, 2.45) is 0 Å². The van der Waals surface area contributed by atoms with Gasteiger partial charge in [-0.05, 0) is 5.56 Å². The minimum Gasteiger partial charge on any atom is -0.480 e. The molecule has 1 aromatic carbocycles. The highest BCUT2D eigenvalue weighted by Gasteiger charge is 2.29. The molecule has 0 unspecified atom stereocenters. The molecule has 1 aromatic rings.